The van der Waals surface area contributed by atoms with E-state index in [0.29, 0.717) is 44.0 Å². The number of halogens is 1. The van der Waals surface area contributed by atoms with Crippen LogP contribution in [0.2, 0.25) is 0 Å². The molecule has 2 aliphatic rings. The van der Waals surface area contributed by atoms with E-state index in [2.05, 4.69) is 10.2 Å². The molecule has 2 aromatic carbocycles. The van der Waals surface area contributed by atoms with E-state index in [-0.39, 0.29) is 17.7 Å². The molecule has 0 saturated carbocycles. The Balaban J connectivity index is 1.42. The average molecular weight is 428 g/mol. The monoisotopic (exact) mass is 428 g/mol. The summed E-state index contributed by atoms with van der Waals surface area (Å²) >= 11 is 0. The van der Waals surface area contributed by atoms with Gasteiger partial charge in [-0.05, 0) is 43.2 Å². The fourth-order valence-electron chi connectivity index (χ4n) is 4.02. The molecule has 2 aliphatic heterocycles. The molecule has 2 saturated heterocycles. The molecule has 31 heavy (non-hydrogen) atoms. The third-order valence-corrected chi connectivity index (χ3v) is 5.72. The van der Waals surface area contributed by atoms with Crippen molar-refractivity contribution in [2.45, 2.75) is 18.9 Å². The first kappa shape index (κ1) is 21.0. The SMILES string of the molecule is O=C(c1cccc(F)c1)N1CCN(c2ccc([N+](=O)[O-])c(NC[C@@H]3CCCO3)c2)CC1. The third kappa shape index (κ3) is 4.93. The van der Waals surface area contributed by atoms with Crippen molar-refractivity contribution in [2.75, 3.05) is 49.5 Å². The summed E-state index contributed by atoms with van der Waals surface area (Å²) in [6.45, 7) is 3.41. The number of hydrogen-bond acceptors (Lipinski definition) is 6. The molecule has 1 atom stereocenters. The Morgan fingerprint density at radius 2 is 2.00 bits per heavy atom. The predicted molar refractivity (Wildman–Crippen MR) is 115 cm³/mol. The number of carbonyl (C=O) groups excluding carboxylic acids is 1. The summed E-state index contributed by atoms with van der Waals surface area (Å²) in [5, 5.41) is 14.6. The van der Waals surface area contributed by atoms with Crippen molar-refractivity contribution in [2.24, 2.45) is 0 Å². The Kier molecular flexibility index (Phi) is 6.31. The van der Waals surface area contributed by atoms with Gasteiger partial charge in [-0.1, -0.05) is 6.07 Å². The summed E-state index contributed by atoms with van der Waals surface area (Å²) in [6.07, 6.45) is 2.02. The number of benzene rings is 2. The van der Waals surface area contributed by atoms with Crippen LogP contribution >= 0.6 is 0 Å². The molecule has 0 radical (unpaired) electrons. The van der Waals surface area contributed by atoms with Crippen LogP contribution in [-0.2, 0) is 4.74 Å². The summed E-state index contributed by atoms with van der Waals surface area (Å²) in [4.78, 5) is 27.5. The number of nitro groups is 1. The molecule has 1 N–H and O–H groups in total. The lowest BCUT2D eigenvalue weighted by molar-refractivity contribution is -0.383. The van der Waals surface area contributed by atoms with Crippen molar-refractivity contribution in [1.82, 2.24) is 4.90 Å². The second kappa shape index (κ2) is 9.30. The van der Waals surface area contributed by atoms with Gasteiger partial charge in [-0.25, -0.2) is 4.39 Å². The lowest BCUT2D eigenvalue weighted by Crippen LogP contribution is -2.48. The van der Waals surface area contributed by atoms with Crippen LogP contribution in [0.15, 0.2) is 42.5 Å². The highest BCUT2D eigenvalue weighted by Crippen LogP contribution is 2.30. The number of carbonyl (C=O) groups is 1. The maximum absolute atomic E-state index is 13.4. The first-order valence-corrected chi connectivity index (χ1v) is 10.4. The highest BCUT2D eigenvalue weighted by molar-refractivity contribution is 5.94. The van der Waals surface area contributed by atoms with Crippen LogP contribution in [0.3, 0.4) is 0 Å². The third-order valence-electron chi connectivity index (χ3n) is 5.72. The zero-order chi connectivity index (χ0) is 21.8. The molecule has 9 heteroatoms. The second-order valence-electron chi connectivity index (χ2n) is 7.76. The summed E-state index contributed by atoms with van der Waals surface area (Å²) in [5.41, 5.74) is 1.70. The van der Waals surface area contributed by atoms with Crippen molar-refractivity contribution in [3.8, 4) is 0 Å². The van der Waals surface area contributed by atoms with Gasteiger partial charge >= 0.3 is 0 Å². The Bertz CT molecular complexity index is 956. The average Bonchev–Trinajstić information content (AvgIpc) is 3.31. The van der Waals surface area contributed by atoms with Gasteiger partial charge in [0.25, 0.3) is 11.6 Å². The van der Waals surface area contributed by atoms with Crippen LogP contribution in [0, 0.1) is 15.9 Å². The number of piperazine rings is 1. The first-order chi connectivity index (χ1) is 15.0. The van der Waals surface area contributed by atoms with Gasteiger partial charge < -0.3 is 19.9 Å². The van der Waals surface area contributed by atoms with E-state index in [0.717, 1.165) is 25.1 Å². The first-order valence-electron chi connectivity index (χ1n) is 10.4. The van der Waals surface area contributed by atoms with Crippen LogP contribution in [0.25, 0.3) is 0 Å². The van der Waals surface area contributed by atoms with Gasteiger partial charge in [0.05, 0.1) is 11.0 Å². The van der Waals surface area contributed by atoms with Crippen molar-refractivity contribution in [3.63, 3.8) is 0 Å². The number of hydrogen-bond donors (Lipinski definition) is 1. The lowest BCUT2D eigenvalue weighted by Gasteiger charge is -2.36. The molecule has 0 spiro atoms. The van der Waals surface area contributed by atoms with E-state index < -0.39 is 10.7 Å². The van der Waals surface area contributed by atoms with Crippen molar-refractivity contribution >= 4 is 23.0 Å². The second-order valence-corrected chi connectivity index (χ2v) is 7.76. The maximum atomic E-state index is 13.4. The molecule has 4 rings (SSSR count). The van der Waals surface area contributed by atoms with E-state index in [4.69, 9.17) is 4.74 Å². The minimum absolute atomic E-state index is 0.0293. The van der Waals surface area contributed by atoms with Gasteiger partial charge in [-0.3, -0.25) is 14.9 Å². The minimum Gasteiger partial charge on any atom is -0.377 e. The summed E-state index contributed by atoms with van der Waals surface area (Å²) in [6, 6.07) is 10.7. The predicted octanol–water partition coefficient (Wildman–Crippen LogP) is 3.29. The largest absolute Gasteiger partial charge is 0.377 e. The minimum atomic E-state index is -0.432. The number of amides is 1. The smallest absolute Gasteiger partial charge is 0.292 e. The molecular formula is C22H25FN4O4. The molecule has 1 amide bonds. The van der Waals surface area contributed by atoms with Crippen LogP contribution in [0.1, 0.15) is 23.2 Å². The van der Waals surface area contributed by atoms with E-state index in [1.54, 1.807) is 23.1 Å². The number of ether oxygens (including phenoxy) is 1. The number of nitro benzene ring substituents is 1. The number of nitrogens with zero attached hydrogens (tertiary/aromatic N) is 3. The van der Waals surface area contributed by atoms with Crippen LogP contribution < -0.4 is 10.2 Å². The Labute approximate surface area is 179 Å². The fourth-order valence-corrected chi connectivity index (χ4v) is 4.02. The Morgan fingerprint density at radius 1 is 1.19 bits per heavy atom. The van der Waals surface area contributed by atoms with Gasteiger partial charge in [-0.15, -0.1) is 0 Å². The maximum Gasteiger partial charge on any atom is 0.292 e. The zero-order valence-electron chi connectivity index (χ0n) is 17.1. The van der Waals surface area contributed by atoms with Crippen LogP contribution in [0.5, 0.6) is 0 Å². The summed E-state index contributed by atoms with van der Waals surface area (Å²) < 4.78 is 19.0. The highest BCUT2D eigenvalue weighted by Gasteiger charge is 2.24. The number of anilines is 2. The standard InChI is InChI=1S/C22H25FN4O4/c23-17-4-1-3-16(13-17)22(28)26-10-8-25(9-11-26)18-6-7-21(27(29)30)20(14-18)24-15-19-5-2-12-31-19/h1,3-4,6-7,13-14,19,24H,2,5,8-12,15H2/t19-/m0/s1. The molecular weight excluding hydrogens is 403 g/mol. The number of nitrogens with one attached hydrogen (secondary N) is 1. The van der Waals surface area contributed by atoms with Crippen LogP contribution in [-0.4, -0.2) is 61.2 Å². The summed E-state index contributed by atoms with van der Waals surface area (Å²) in [5.74, 6) is -0.625. The van der Waals surface area contributed by atoms with E-state index in [1.165, 1.54) is 24.3 Å². The molecule has 0 unspecified atom stereocenters. The molecule has 2 heterocycles. The van der Waals surface area contributed by atoms with Crippen molar-refractivity contribution in [1.29, 1.82) is 0 Å². The van der Waals surface area contributed by atoms with Gasteiger partial charge in [0, 0.05) is 56.6 Å². The highest BCUT2D eigenvalue weighted by atomic mass is 19.1. The van der Waals surface area contributed by atoms with E-state index in [1.807, 2.05) is 0 Å². The molecule has 0 bridgehead atoms. The van der Waals surface area contributed by atoms with Gasteiger partial charge in [0.2, 0.25) is 0 Å². The normalized spacial score (nSPS) is 18.8. The topological polar surface area (TPSA) is 88.0 Å². The van der Waals surface area contributed by atoms with Gasteiger partial charge in [0.1, 0.15) is 11.5 Å². The van der Waals surface area contributed by atoms with Gasteiger partial charge in [-0.2, -0.15) is 0 Å². The fraction of sp³-hybridized carbons (Fsp3) is 0.409. The van der Waals surface area contributed by atoms with E-state index in [9.17, 15) is 19.3 Å². The molecule has 2 aromatic rings. The van der Waals surface area contributed by atoms with Gasteiger partial charge in [0.15, 0.2) is 0 Å². The summed E-state index contributed by atoms with van der Waals surface area (Å²) in [7, 11) is 0. The zero-order valence-corrected chi connectivity index (χ0v) is 17.1. The quantitative estimate of drug-likeness (QED) is 0.561. The van der Waals surface area contributed by atoms with Crippen molar-refractivity contribution in [3.05, 3.63) is 64.0 Å². The number of rotatable bonds is 6. The Morgan fingerprint density at radius 3 is 2.68 bits per heavy atom. The lowest BCUT2D eigenvalue weighted by atomic mass is 10.1. The van der Waals surface area contributed by atoms with E-state index >= 15 is 0 Å². The van der Waals surface area contributed by atoms with Crippen molar-refractivity contribution < 1.29 is 18.8 Å². The molecule has 0 aliphatic carbocycles. The van der Waals surface area contributed by atoms with Crippen LogP contribution in [0.4, 0.5) is 21.5 Å². The molecule has 8 nitrogen and oxygen atoms in total. The molecule has 2 fully saturated rings. The molecule has 164 valence electrons. The Hall–Kier alpha value is -3.20. The molecule has 0 aromatic heterocycles.